The Labute approximate surface area is 280 Å². The van der Waals surface area contributed by atoms with Crippen LogP contribution >= 0.6 is 0 Å². The molecule has 45 heavy (non-hydrogen) atoms. The van der Waals surface area contributed by atoms with E-state index in [9.17, 15) is 14.7 Å². The van der Waals surface area contributed by atoms with E-state index in [0.717, 1.165) is 38.5 Å². The molecule has 0 aliphatic rings. The molecule has 0 fully saturated rings. The van der Waals surface area contributed by atoms with Crippen molar-refractivity contribution in [3.63, 3.8) is 0 Å². The minimum atomic E-state index is -0.763. The van der Waals surface area contributed by atoms with Crippen LogP contribution in [0.15, 0.2) is 12.2 Å². The van der Waals surface area contributed by atoms with Gasteiger partial charge in [-0.1, -0.05) is 174 Å². The lowest BCUT2D eigenvalue weighted by molar-refractivity contribution is -0.161. The van der Waals surface area contributed by atoms with E-state index in [4.69, 9.17) is 9.47 Å². The molecule has 0 rings (SSSR count). The minimum Gasteiger partial charge on any atom is -0.462 e. The van der Waals surface area contributed by atoms with Crippen LogP contribution in [0.2, 0.25) is 0 Å². The van der Waals surface area contributed by atoms with Gasteiger partial charge in [-0.05, 0) is 38.5 Å². The quantitative estimate of drug-likeness (QED) is 0.0421. The molecule has 266 valence electrons. The van der Waals surface area contributed by atoms with Crippen LogP contribution in [0.25, 0.3) is 0 Å². The molecule has 0 unspecified atom stereocenters. The standard InChI is InChI=1S/C40H76O5/c1-3-5-7-9-11-13-15-16-17-18-19-20-21-22-23-24-25-27-29-31-33-35-40(43)45-38(36-41)37-44-39(42)34-32-30-28-26-14-12-10-8-6-4-2/h16-17,38,41H,3-15,18-37H2,1-2H3/b17-16+/t38-/m0/s1. The number of carbonyl (C=O) groups excluding carboxylic acids is 2. The fourth-order valence-corrected chi connectivity index (χ4v) is 5.78. The van der Waals surface area contributed by atoms with Gasteiger partial charge in [-0.25, -0.2) is 0 Å². The van der Waals surface area contributed by atoms with Crippen LogP contribution in [0.4, 0.5) is 0 Å². The molecule has 0 heterocycles. The number of carbonyl (C=O) groups is 2. The van der Waals surface area contributed by atoms with Crippen molar-refractivity contribution in [2.24, 2.45) is 0 Å². The molecular weight excluding hydrogens is 560 g/mol. The SMILES string of the molecule is CCCCCCCC/C=C/CCCCCCCCCCCCCC(=O)O[C@@H](CO)COC(=O)CCCCCCCCCCCC. The number of ether oxygens (including phenoxy) is 2. The molecule has 0 aromatic heterocycles. The molecule has 5 heteroatoms. The highest BCUT2D eigenvalue weighted by atomic mass is 16.6. The van der Waals surface area contributed by atoms with Crippen molar-refractivity contribution in [2.45, 2.75) is 219 Å². The van der Waals surface area contributed by atoms with Crippen molar-refractivity contribution < 1.29 is 24.2 Å². The van der Waals surface area contributed by atoms with Gasteiger partial charge in [-0.3, -0.25) is 9.59 Å². The highest BCUT2D eigenvalue weighted by molar-refractivity contribution is 5.70. The van der Waals surface area contributed by atoms with Crippen molar-refractivity contribution in [3.05, 3.63) is 12.2 Å². The van der Waals surface area contributed by atoms with Crippen LogP contribution in [0.3, 0.4) is 0 Å². The number of unbranched alkanes of at least 4 members (excludes halogenated alkanes) is 26. The Hall–Kier alpha value is -1.36. The molecule has 0 bridgehead atoms. The first-order chi connectivity index (χ1) is 22.1. The van der Waals surface area contributed by atoms with Gasteiger partial charge >= 0.3 is 11.9 Å². The Balaban J connectivity index is 3.48. The van der Waals surface area contributed by atoms with Crippen LogP contribution in [0.5, 0.6) is 0 Å². The average Bonchev–Trinajstić information content (AvgIpc) is 3.04. The van der Waals surface area contributed by atoms with E-state index in [-0.39, 0.29) is 25.2 Å². The Morgan fingerprint density at radius 3 is 1.20 bits per heavy atom. The molecule has 0 aromatic rings. The largest absolute Gasteiger partial charge is 0.462 e. The Bertz CT molecular complexity index is 647. The van der Waals surface area contributed by atoms with Gasteiger partial charge in [-0.15, -0.1) is 0 Å². The first-order valence-corrected chi connectivity index (χ1v) is 19.7. The molecule has 0 aliphatic heterocycles. The van der Waals surface area contributed by atoms with Crippen molar-refractivity contribution in [1.82, 2.24) is 0 Å². The third-order valence-electron chi connectivity index (χ3n) is 8.81. The summed E-state index contributed by atoms with van der Waals surface area (Å²) in [5, 5.41) is 9.53. The number of hydrogen-bond acceptors (Lipinski definition) is 5. The van der Waals surface area contributed by atoms with Gasteiger partial charge in [-0.2, -0.15) is 0 Å². The first kappa shape index (κ1) is 43.6. The molecule has 0 aliphatic carbocycles. The normalized spacial score (nSPS) is 12.2. The molecule has 0 radical (unpaired) electrons. The second-order valence-electron chi connectivity index (χ2n) is 13.4. The number of hydrogen-bond donors (Lipinski definition) is 1. The van der Waals surface area contributed by atoms with E-state index >= 15 is 0 Å². The summed E-state index contributed by atoms with van der Waals surface area (Å²) in [6, 6.07) is 0. The lowest BCUT2D eigenvalue weighted by atomic mass is 10.0. The number of aliphatic hydroxyl groups is 1. The number of aliphatic hydroxyl groups excluding tert-OH is 1. The maximum Gasteiger partial charge on any atom is 0.306 e. The first-order valence-electron chi connectivity index (χ1n) is 19.7. The monoisotopic (exact) mass is 637 g/mol. The van der Waals surface area contributed by atoms with Crippen molar-refractivity contribution in [2.75, 3.05) is 13.2 Å². The fraction of sp³-hybridized carbons (Fsp3) is 0.900. The number of allylic oxidation sites excluding steroid dienone is 2. The Kier molecular flexibility index (Phi) is 36.0. The van der Waals surface area contributed by atoms with Crippen LogP contribution in [-0.2, 0) is 19.1 Å². The van der Waals surface area contributed by atoms with Crippen molar-refractivity contribution >= 4 is 11.9 Å². The minimum absolute atomic E-state index is 0.0603. The third kappa shape index (κ3) is 35.3. The van der Waals surface area contributed by atoms with Gasteiger partial charge in [0.15, 0.2) is 6.10 Å². The molecule has 1 atom stereocenters. The predicted molar refractivity (Wildman–Crippen MR) is 192 cm³/mol. The van der Waals surface area contributed by atoms with Gasteiger partial charge < -0.3 is 14.6 Å². The van der Waals surface area contributed by atoms with E-state index in [2.05, 4.69) is 26.0 Å². The third-order valence-corrected chi connectivity index (χ3v) is 8.81. The lowest BCUT2D eigenvalue weighted by Crippen LogP contribution is -2.28. The molecule has 0 spiro atoms. The van der Waals surface area contributed by atoms with Gasteiger partial charge in [0, 0.05) is 12.8 Å². The molecular formula is C40H76O5. The molecule has 1 N–H and O–H groups in total. The van der Waals surface area contributed by atoms with E-state index in [1.807, 2.05) is 0 Å². The number of rotatable bonds is 36. The van der Waals surface area contributed by atoms with E-state index in [1.54, 1.807) is 0 Å². The highest BCUT2D eigenvalue weighted by Crippen LogP contribution is 2.14. The highest BCUT2D eigenvalue weighted by Gasteiger charge is 2.16. The maximum atomic E-state index is 12.2. The molecule has 0 saturated heterocycles. The molecule has 0 aromatic carbocycles. The van der Waals surface area contributed by atoms with E-state index in [1.165, 1.54) is 148 Å². The second kappa shape index (κ2) is 37.1. The molecule has 5 nitrogen and oxygen atoms in total. The fourth-order valence-electron chi connectivity index (χ4n) is 5.78. The van der Waals surface area contributed by atoms with Gasteiger partial charge in [0.25, 0.3) is 0 Å². The number of esters is 2. The zero-order chi connectivity index (χ0) is 32.9. The summed E-state index contributed by atoms with van der Waals surface area (Å²) >= 11 is 0. The second-order valence-corrected chi connectivity index (χ2v) is 13.4. The zero-order valence-corrected chi connectivity index (χ0v) is 30.1. The topological polar surface area (TPSA) is 72.8 Å². The summed E-state index contributed by atoms with van der Waals surface area (Å²) in [7, 11) is 0. The molecule has 0 amide bonds. The van der Waals surface area contributed by atoms with E-state index < -0.39 is 6.10 Å². The molecule has 0 saturated carbocycles. The lowest BCUT2D eigenvalue weighted by Gasteiger charge is -2.15. The van der Waals surface area contributed by atoms with Gasteiger partial charge in [0.2, 0.25) is 0 Å². The maximum absolute atomic E-state index is 12.2. The smallest absolute Gasteiger partial charge is 0.306 e. The summed E-state index contributed by atoms with van der Waals surface area (Å²) < 4.78 is 10.6. The van der Waals surface area contributed by atoms with Crippen LogP contribution < -0.4 is 0 Å². The summed E-state index contributed by atoms with van der Waals surface area (Å²) in [5.74, 6) is -0.584. The zero-order valence-electron chi connectivity index (χ0n) is 30.1. The average molecular weight is 637 g/mol. The van der Waals surface area contributed by atoms with E-state index in [0.29, 0.717) is 12.8 Å². The summed E-state index contributed by atoms with van der Waals surface area (Å²) in [5.41, 5.74) is 0. The Morgan fingerprint density at radius 2 is 0.822 bits per heavy atom. The van der Waals surface area contributed by atoms with Gasteiger partial charge in [0.05, 0.1) is 6.61 Å². The van der Waals surface area contributed by atoms with Crippen LogP contribution in [0.1, 0.15) is 213 Å². The Morgan fingerprint density at radius 1 is 0.489 bits per heavy atom. The van der Waals surface area contributed by atoms with Crippen molar-refractivity contribution in [1.29, 1.82) is 0 Å². The summed E-state index contributed by atoms with van der Waals surface area (Å²) in [6.45, 7) is 4.13. The van der Waals surface area contributed by atoms with Crippen molar-refractivity contribution in [3.8, 4) is 0 Å². The van der Waals surface area contributed by atoms with Gasteiger partial charge in [0.1, 0.15) is 6.61 Å². The summed E-state index contributed by atoms with van der Waals surface area (Å²) in [6.07, 6.45) is 41.4. The summed E-state index contributed by atoms with van der Waals surface area (Å²) in [4.78, 5) is 24.2. The predicted octanol–water partition coefficient (Wildman–Crippen LogP) is 12.1. The van der Waals surface area contributed by atoms with Crippen LogP contribution in [0, 0.1) is 0 Å². The van der Waals surface area contributed by atoms with Crippen LogP contribution in [-0.4, -0.2) is 36.4 Å².